The van der Waals surface area contributed by atoms with Gasteiger partial charge < -0.3 is 0 Å². The molecule has 0 bridgehead atoms. The fourth-order valence-corrected chi connectivity index (χ4v) is 4.97. The minimum Gasteiger partial charge on any atom is -0.297 e. The van der Waals surface area contributed by atoms with E-state index in [0.29, 0.717) is 0 Å². The molecule has 1 atom stereocenters. The van der Waals surface area contributed by atoms with E-state index in [4.69, 9.17) is 4.98 Å². The van der Waals surface area contributed by atoms with Crippen LogP contribution in [0.1, 0.15) is 39.9 Å². The highest BCUT2D eigenvalue weighted by Crippen LogP contribution is 2.30. The maximum absolute atomic E-state index is 4.91. The van der Waals surface area contributed by atoms with Gasteiger partial charge in [0.1, 0.15) is 6.04 Å². The molecule has 7 heteroatoms. The molecule has 0 spiro atoms. The van der Waals surface area contributed by atoms with Crippen LogP contribution in [0.25, 0.3) is 11.8 Å². The van der Waals surface area contributed by atoms with E-state index in [2.05, 4.69) is 106 Å². The van der Waals surface area contributed by atoms with Gasteiger partial charge in [0.05, 0.1) is 11.4 Å². The van der Waals surface area contributed by atoms with Crippen LogP contribution in [0.2, 0.25) is 0 Å². The van der Waals surface area contributed by atoms with E-state index in [9.17, 15) is 0 Å². The minimum absolute atomic E-state index is 0.124. The zero-order valence-electron chi connectivity index (χ0n) is 21.2. The molecule has 1 aliphatic rings. The Labute approximate surface area is 213 Å². The third-order valence-electron chi connectivity index (χ3n) is 6.83. The molecule has 0 unspecified atom stereocenters. The van der Waals surface area contributed by atoms with Gasteiger partial charge in [-0.1, -0.05) is 66.7 Å². The first-order chi connectivity index (χ1) is 17.6. The van der Waals surface area contributed by atoms with Crippen LogP contribution in [0.4, 0.5) is 0 Å². The van der Waals surface area contributed by atoms with Crippen LogP contribution >= 0.6 is 0 Å². The van der Waals surface area contributed by atoms with Crippen LogP contribution in [0, 0.1) is 20.8 Å². The Kier molecular flexibility index (Phi) is 7.30. The third-order valence-corrected chi connectivity index (χ3v) is 6.83. The van der Waals surface area contributed by atoms with Gasteiger partial charge in [0, 0.05) is 38.4 Å². The van der Waals surface area contributed by atoms with Gasteiger partial charge in [-0.25, -0.2) is 0 Å². The summed E-state index contributed by atoms with van der Waals surface area (Å²) in [6, 6.07) is 22.8. The lowest BCUT2D eigenvalue weighted by atomic mass is 10.1. The summed E-state index contributed by atoms with van der Waals surface area (Å²) in [4.78, 5) is 9.87. The smallest absolute Gasteiger partial charge is 0.179 e. The van der Waals surface area contributed by atoms with E-state index in [1.807, 2.05) is 23.7 Å². The lowest BCUT2D eigenvalue weighted by molar-refractivity contribution is 0.112. The Morgan fingerprint density at radius 3 is 2.28 bits per heavy atom. The molecule has 0 aliphatic carbocycles. The fourth-order valence-electron chi connectivity index (χ4n) is 4.97. The SMILES string of the molecule is Cc1cccc([C@@H](c2nnnn2-c2c(C)cccc2C)N2CCN(C/C=C/c3ccccc3)CC2)n1. The number of aryl methyl sites for hydroxylation is 3. The Balaban J connectivity index is 1.39. The molecule has 4 aromatic rings. The van der Waals surface area contributed by atoms with E-state index in [1.54, 1.807) is 0 Å². The Hall–Kier alpha value is -3.68. The number of pyridine rings is 1. The van der Waals surface area contributed by atoms with E-state index >= 15 is 0 Å². The third kappa shape index (κ3) is 5.27. The van der Waals surface area contributed by atoms with E-state index in [1.165, 1.54) is 5.56 Å². The molecule has 0 radical (unpaired) electrons. The van der Waals surface area contributed by atoms with E-state index < -0.39 is 0 Å². The molecule has 0 N–H and O–H groups in total. The molecule has 5 rings (SSSR count). The van der Waals surface area contributed by atoms with Gasteiger partial charge in [-0.2, -0.15) is 4.68 Å². The molecular formula is C29H33N7. The monoisotopic (exact) mass is 479 g/mol. The van der Waals surface area contributed by atoms with Gasteiger partial charge in [-0.15, -0.1) is 5.10 Å². The normalized spacial score (nSPS) is 16.0. The molecule has 3 heterocycles. The molecule has 184 valence electrons. The number of para-hydroxylation sites is 1. The Morgan fingerprint density at radius 2 is 1.56 bits per heavy atom. The Bertz CT molecular complexity index is 1300. The molecule has 2 aromatic carbocycles. The number of piperazine rings is 1. The molecule has 0 saturated carbocycles. The van der Waals surface area contributed by atoms with Crippen molar-refractivity contribution in [2.24, 2.45) is 0 Å². The number of tetrazole rings is 1. The molecule has 1 aliphatic heterocycles. The maximum Gasteiger partial charge on any atom is 0.179 e. The largest absolute Gasteiger partial charge is 0.297 e. The zero-order valence-corrected chi connectivity index (χ0v) is 21.2. The van der Waals surface area contributed by atoms with Crippen molar-refractivity contribution in [2.45, 2.75) is 26.8 Å². The summed E-state index contributed by atoms with van der Waals surface area (Å²) in [6.07, 6.45) is 4.45. The molecule has 7 nitrogen and oxygen atoms in total. The van der Waals surface area contributed by atoms with Crippen molar-refractivity contribution < 1.29 is 0 Å². The summed E-state index contributed by atoms with van der Waals surface area (Å²) < 4.78 is 1.91. The van der Waals surface area contributed by atoms with Crippen molar-refractivity contribution in [3.8, 4) is 5.69 Å². The molecule has 36 heavy (non-hydrogen) atoms. The first-order valence-corrected chi connectivity index (χ1v) is 12.6. The van der Waals surface area contributed by atoms with Crippen molar-refractivity contribution in [3.05, 3.63) is 107 Å². The molecule has 1 saturated heterocycles. The first-order valence-electron chi connectivity index (χ1n) is 12.6. The van der Waals surface area contributed by atoms with Gasteiger partial charge in [0.15, 0.2) is 5.82 Å². The van der Waals surface area contributed by atoms with E-state index in [-0.39, 0.29) is 6.04 Å². The summed E-state index contributed by atoms with van der Waals surface area (Å²) in [7, 11) is 0. The molecule has 0 amide bonds. The number of hydrogen-bond donors (Lipinski definition) is 0. The summed E-state index contributed by atoms with van der Waals surface area (Å²) in [6.45, 7) is 11.0. The minimum atomic E-state index is -0.124. The quantitative estimate of drug-likeness (QED) is 0.391. The predicted octanol–water partition coefficient (Wildman–Crippen LogP) is 4.40. The van der Waals surface area contributed by atoms with Crippen molar-refractivity contribution in [2.75, 3.05) is 32.7 Å². The maximum atomic E-state index is 4.91. The standard InChI is InChI=1S/C29H33N7/c1-22-10-7-11-23(2)27(22)36-29(31-32-33-36)28(26-16-8-12-24(3)30-26)35-20-18-34(19-21-35)17-9-15-25-13-5-4-6-14-25/h4-16,28H,17-21H2,1-3H3/b15-9+/t28-/m0/s1. The average molecular weight is 480 g/mol. The highest BCUT2D eigenvalue weighted by Gasteiger charge is 2.32. The van der Waals surface area contributed by atoms with Crippen LogP contribution < -0.4 is 0 Å². The van der Waals surface area contributed by atoms with Crippen LogP contribution in [-0.2, 0) is 0 Å². The second kappa shape index (κ2) is 10.9. The second-order valence-electron chi connectivity index (χ2n) is 9.45. The second-order valence-corrected chi connectivity index (χ2v) is 9.45. The number of nitrogens with zero attached hydrogens (tertiary/aromatic N) is 7. The lowest BCUT2D eigenvalue weighted by Crippen LogP contribution is -2.48. The number of aromatic nitrogens is 5. The lowest BCUT2D eigenvalue weighted by Gasteiger charge is -2.38. The van der Waals surface area contributed by atoms with Crippen LogP contribution in [0.5, 0.6) is 0 Å². The molecular weight excluding hydrogens is 446 g/mol. The van der Waals surface area contributed by atoms with Crippen molar-refractivity contribution in [1.29, 1.82) is 0 Å². The van der Waals surface area contributed by atoms with Gasteiger partial charge in [0.25, 0.3) is 0 Å². The van der Waals surface area contributed by atoms with Gasteiger partial charge >= 0.3 is 0 Å². The zero-order chi connectivity index (χ0) is 24.9. The number of hydrogen-bond acceptors (Lipinski definition) is 6. The van der Waals surface area contributed by atoms with Crippen molar-refractivity contribution in [1.82, 2.24) is 35.0 Å². The van der Waals surface area contributed by atoms with Crippen LogP contribution in [0.15, 0.2) is 72.8 Å². The fraction of sp³-hybridized carbons (Fsp3) is 0.310. The summed E-state index contributed by atoms with van der Waals surface area (Å²) in [5, 5.41) is 13.1. The molecule has 2 aromatic heterocycles. The first kappa shape index (κ1) is 24.0. The van der Waals surface area contributed by atoms with Gasteiger partial charge in [-0.3, -0.25) is 14.8 Å². The number of rotatable bonds is 7. The highest BCUT2D eigenvalue weighted by atomic mass is 15.6. The van der Waals surface area contributed by atoms with Gasteiger partial charge in [0.2, 0.25) is 0 Å². The van der Waals surface area contributed by atoms with Crippen molar-refractivity contribution >= 4 is 6.08 Å². The van der Waals surface area contributed by atoms with Gasteiger partial charge in [-0.05, 0) is 60.0 Å². The van der Waals surface area contributed by atoms with Crippen molar-refractivity contribution in [3.63, 3.8) is 0 Å². The summed E-state index contributed by atoms with van der Waals surface area (Å²) in [5.74, 6) is 0.808. The van der Waals surface area contributed by atoms with Crippen LogP contribution in [-0.4, -0.2) is 67.7 Å². The highest BCUT2D eigenvalue weighted by molar-refractivity contribution is 5.49. The Morgan fingerprint density at radius 1 is 0.833 bits per heavy atom. The van der Waals surface area contributed by atoms with Crippen LogP contribution in [0.3, 0.4) is 0 Å². The molecule has 1 fully saturated rings. The number of benzene rings is 2. The topological polar surface area (TPSA) is 63.0 Å². The predicted molar refractivity (Wildman–Crippen MR) is 143 cm³/mol. The van der Waals surface area contributed by atoms with E-state index in [0.717, 1.165) is 66.8 Å². The summed E-state index contributed by atoms with van der Waals surface area (Å²) >= 11 is 0. The summed E-state index contributed by atoms with van der Waals surface area (Å²) in [5.41, 5.74) is 6.55. The average Bonchev–Trinajstić information content (AvgIpc) is 3.34.